The van der Waals surface area contributed by atoms with E-state index in [0.717, 1.165) is 25.0 Å². The molecule has 1 amide bonds. The van der Waals surface area contributed by atoms with Crippen LogP contribution in [-0.4, -0.2) is 26.5 Å². The summed E-state index contributed by atoms with van der Waals surface area (Å²) in [6.07, 6.45) is 0.773. The molecule has 0 bridgehead atoms. The number of benzene rings is 1. The van der Waals surface area contributed by atoms with Crippen LogP contribution in [-0.2, 0) is 11.0 Å². The van der Waals surface area contributed by atoms with E-state index in [1.165, 1.54) is 0 Å². The van der Waals surface area contributed by atoms with E-state index in [-0.39, 0.29) is 29.9 Å². The lowest BCUT2D eigenvalue weighted by Crippen LogP contribution is -2.10. The number of carbonyl (C=O) groups excluding carboxylic acids is 1. The van der Waals surface area contributed by atoms with Gasteiger partial charge in [0.15, 0.2) is 5.65 Å². The van der Waals surface area contributed by atoms with Crippen LogP contribution in [0.3, 0.4) is 0 Å². The van der Waals surface area contributed by atoms with Gasteiger partial charge in [0.2, 0.25) is 5.91 Å². The summed E-state index contributed by atoms with van der Waals surface area (Å²) < 4.78 is 54.7. The molecule has 3 aromatic rings. The Balaban J connectivity index is 1.56. The van der Waals surface area contributed by atoms with E-state index in [9.17, 15) is 22.4 Å². The van der Waals surface area contributed by atoms with Crippen molar-refractivity contribution in [2.45, 2.75) is 31.5 Å². The Morgan fingerprint density at radius 3 is 2.67 bits per heavy atom. The van der Waals surface area contributed by atoms with Crippen LogP contribution < -0.4 is 16.0 Å². The molecular weight excluding hydrogens is 440 g/mol. The molecule has 0 unspecified atom stereocenters. The van der Waals surface area contributed by atoms with Crippen LogP contribution in [0.5, 0.6) is 0 Å². The van der Waals surface area contributed by atoms with E-state index in [2.05, 4.69) is 32.6 Å². The van der Waals surface area contributed by atoms with Crippen LogP contribution in [0.4, 0.5) is 34.9 Å². The summed E-state index contributed by atoms with van der Waals surface area (Å²) in [6.45, 7) is 3.82. The highest BCUT2D eigenvalue weighted by Gasteiger charge is 2.31. The molecule has 0 radical (unpaired) electrons. The largest absolute Gasteiger partial charge is 0.416 e. The van der Waals surface area contributed by atoms with Gasteiger partial charge in [-0.25, -0.2) is 9.37 Å². The van der Waals surface area contributed by atoms with Gasteiger partial charge in [-0.2, -0.15) is 22.8 Å². The van der Waals surface area contributed by atoms with Crippen LogP contribution in [0, 0.1) is 5.82 Å². The molecule has 1 saturated heterocycles. The zero-order valence-corrected chi connectivity index (χ0v) is 17.1. The summed E-state index contributed by atoms with van der Waals surface area (Å²) in [7, 11) is 0. The average Bonchev–Trinajstić information content (AvgIpc) is 3.36. The van der Waals surface area contributed by atoms with Crippen LogP contribution >= 0.6 is 0 Å². The molecule has 1 aliphatic carbocycles. The third kappa shape index (κ3) is 4.38. The monoisotopic (exact) mass is 458 g/mol. The molecule has 2 aliphatic rings. The van der Waals surface area contributed by atoms with Gasteiger partial charge in [-0.3, -0.25) is 4.79 Å². The number of nitrogens with zero attached hydrogens (tertiary/aromatic N) is 3. The molecule has 0 atom stereocenters. The number of allylic oxidation sites excluding steroid dienone is 1. The maximum atomic E-state index is 13.8. The lowest BCUT2D eigenvalue weighted by atomic mass is 10.1. The second kappa shape index (κ2) is 7.61. The van der Waals surface area contributed by atoms with Crippen molar-refractivity contribution in [1.29, 1.82) is 0 Å². The Hall–Kier alpha value is -3.89. The van der Waals surface area contributed by atoms with Crippen molar-refractivity contribution in [3.8, 4) is 0 Å². The van der Waals surface area contributed by atoms with E-state index in [0.29, 0.717) is 34.4 Å². The maximum absolute atomic E-state index is 13.8. The minimum absolute atomic E-state index is 0.0880. The standard InChI is InChI=1S/C22H18F4N6O/c1-11-12(5-20(33)28-11)4-13-10-27-32-19(30-16-2-3-16)9-18(31-21(13)32)29-17-7-14(22(24,25)26)6-15(23)8-17/h4,6-10,16,30H,1-3,5H2,(H,28,33)(H,29,31)/b12-4+. The number of fused-ring (bicyclic) bond motifs is 1. The summed E-state index contributed by atoms with van der Waals surface area (Å²) in [6, 6.07) is 4.09. The van der Waals surface area contributed by atoms with E-state index < -0.39 is 17.6 Å². The number of anilines is 3. The number of halogens is 4. The molecule has 1 saturated carbocycles. The fourth-order valence-electron chi connectivity index (χ4n) is 3.56. The highest BCUT2D eigenvalue weighted by atomic mass is 19.4. The van der Waals surface area contributed by atoms with Gasteiger partial charge in [0.05, 0.1) is 18.2 Å². The predicted octanol–water partition coefficient (Wildman–Crippen LogP) is 4.62. The number of rotatable bonds is 5. The molecule has 0 spiro atoms. The Labute approximate surface area is 185 Å². The van der Waals surface area contributed by atoms with Crippen molar-refractivity contribution in [1.82, 2.24) is 19.9 Å². The van der Waals surface area contributed by atoms with Crippen molar-refractivity contribution in [3.05, 3.63) is 65.3 Å². The molecule has 33 heavy (non-hydrogen) atoms. The topological polar surface area (TPSA) is 83.4 Å². The first kappa shape index (κ1) is 21.0. The lowest BCUT2D eigenvalue weighted by molar-refractivity contribution is -0.137. The molecule has 1 aliphatic heterocycles. The first-order chi connectivity index (χ1) is 15.7. The molecule has 170 valence electrons. The van der Waals surface area contributed by atoms with Gasteiger partial charge in [-0.15, -0.1) is 0 Å². The summed E-state index contributed by atoms with van der Waals surface area (Å²) in [5.41, 5.74) is 0.996. The highest BCUT2D eigenvalue weighted by Crippen LogP contribution is 2.33. The number of hydrogen-bond donors (Lipinski definition) is 3. The zero-order chi connectivity index (χ0) is 23.3. The smallest absolute Gasteiger partial charge is 0.367 e. The molecule has 11 heteroatoms. The second-order valence-electron chi connectivity index (χ2n) is 8.00. The first-order valence-corrected chi connectivity index (χ1v) is 10.2. The number of alkyl halides is 3. The van der Waals surface area contributed by atoms with Crippen LogP contribution in [0.25, 0.3) is 11.7 Å². The minimum atomic E-state index is -4.69. The SMILES string of the molecule is C=C1NC(=O)C/C1=C\c1cnn2c(NC3CC3)cc(Nc3cc(F)cc(C(F)(F)F)c3)nc12. The third-order valence-electron chi connectivity index (χ3n) is 5.28. The highest BCUT2D eigenvalue weighted by molar-refractivity contribution is 5.89. The normalized spacial score (nSPS) is 17.6. The van der Waals surface area contributed by atoms with Crippen LogP contribution in [0.15, 0.2) is 48.3 Å². The molecule has 3 heterocycles. The maximum Gasteiger partial charge on any atom is 0.416 e. The third-order valence-corrected chi connectivity index (χ3v) is 5.28. The van der Waals surface area contributed by atoms with Crippen molar-refractivity contribution < 1.29 is 22.4 Å². The number of nitrogens with one attached hydrogen (secondary N) is 3. The zero-order valence-electron chi connectivity index (χ0n) is 17.1. The summed E-state index contributed by atoms with van der Waals surface area (Å²) in [4.78, 5) is 16.1. The quantitative estimate of drug-likeness (QED) is 0.486. The van der Waals surface area contributed by atoms with Gasteiger partial charge in [0.25, 0.3) is 0 Å². The van der Waals surface area contributed by atoms with Crippen molar-refractivity contribution in [3.63, 3.8) is 0 Å². The van der Waals surface area contributed by atoms with Gasteiger partial charge < -0.3 is 16.0 Å². The first-order valence-electron chi connectivity index (χ1n) is 10.2. The number of amides is 1. The summed E-state index contributed by atoms with van der Waals surface area (Å²) >= 11 is 0. The van der Waals surface area contributed by atoms with Gasteiger partial charge in [0, 0.05) is 29.1 Å². The van der Waals surface area contributed by atoms with Crippen molar-refractivity contribution >= 4 is 35.0 Å². The number of hydrogen-bond acceptors (Lipinski definition) is 5. The Bertz CT molecular complexity index is 1320. The predicted molar refractivity (Wildman–Crippen MR) is 114 cm³/mol. The van der Waals surface area contributed by atoms with E-state index in [1.54, 1.807) is 22.9 Å². The second-order valence-corrected chi connectivity index (χ2v) is 8.00. The summed E-state index contributed by atoms with van der Waals surface area (Å²) in [5.74, 6) is -0.386. The number of aromatic nitrogens is 3. The molecular formula is C22H18F4N6O. The Morgan fingerprint density at radius 1 is 1.21 bits per heavy atom. The molecule has 2 aromatic heterocycles. The van der Waals surface area contributed by atoms with Crippen LogP contribution in [0.2, 0.25) is 0 Å². The fourth-order valence-corrected chi connectivity index (χ4v) is 3.56. The lowest BCUT2D eigenvalue weighted by Gasteiger charge is -2.13. The summed E-state index contributed by atoms with van der Waals surface area (Å²) in [5, 5.41) is 13.1. The van der Waals surface area contributed by atoms with E-state index in [4.69, 9.17) is 0 Å². The molecule has 5 rings (SSSR count). The molecule has 7 nitrogen and oxygen atoms in total. The Kier molecular flexibility index (Phi) is 4.84. The average molecular weight is 458 g/mol. The molecule has 3 N–H and O–H groups in total. The van der Waals surface area contributed by atoms with Crippen LogP contribution in [0.1, 0.15) is 30.4 Å². The molecule has 2 fully saturated rings. The fraction of sp³-hybridized carbons (Fsp3) is 0.227. The van der Waals surface area contributed by atoms with E-state index >= 15 is 0 Å². The minimum Gasteiger partial charge on any atom is -0.367 e. The Morgan fingerprint density at radius 2 is 2.00 bits per heavy atom. The van der Waals surface area contributed by atoms with Gasteiger partial charge in [-0.05, 0) is 42.7 Å². The van der Waals surface area contributed by atoms with Crippen molar-refractivity contribution in [2.75, 3.05) is 10.6 Å². The number of carbonyl (C=O) groups is 1. The van der Waals surface area contributed by atoms with Gasteiger partial charge in [0.1, 0.15) is 17.5 Å². The van der Waals surface area contributed by atoms with Gasteiger partial charge in [-0.1, -0.05) is 6.58 Å². The van der Waals surface area contributed by atoms with Gasteiger partial charge >= 0.3 is 6.18 Å². The van der Waals surface area contributed by atoms with Crippen molar-refractivity contribution in [2.24, 2.45) is 0 Å². The van der Waals surface area contributed by atoms with E-state index in [1.807, 2.05) is 0 Å². The molecule has 1 aromatic carbocycles.